The Morgan fingerprint density at radius 2 is 2.22 bits per heavy atom. The lowest BCUT2D eigenvalue weighted by molar-refractivity contribution is -0.124. The fourth-order valence-corrected chi connectivity index (χ4v) is 1.57. The van der Waals surface area contributed by atoms with E-state index in [0.717, 1.165) is 12.8 Å². The van der Waals surface area contributed by atoms with Gasteiger partial charge in [0.1, 0.15) is 0 Å². The van der Waals surface area contributed by atoms with Crippen molar-refractivity contribution in [3.05, 3.63) is 0 Å². The zero-order valence-electron chi connectivity index (χ0n) is 4.94. The van der Waals surface area contributed by atoms with Gasteiger partial charge in [-0.15, -0.1) is 0 Å². The molecule has 0 aromatic heterocycles. The van der Waals surface area contributed by atoms with Gasteiger partial charge in [-0.05, 0) is 19.3 Å². The van der Waals surface area contributed by atoms with Gasteiger partial charge in [0.2, 0.25) is 0 Å². The Morgan fingerprint density at radius 1 is 1.56 bits per heavy atom. The van der Waals surface area contributed by atoms with Gasteiger partial charge in [0.05, 0.1) is 4.83 Å². The third-order valence-corrected chi connectivity index (χ3v) is 2.44. The van der Waals surface area contributed by atoms with Gasteiger partial charge < -0.3 is 0 Å². The second kappa shape index (κ2) is 2.78. The van der Waals surface area contributed by atoms with Crippen molar-refractivity contribution in [1.82, 2.24) is 0 Å². The Balaban J connectivity index is 2.52. The second-order valence-electron chi connectivity index (χ2n) is 2.27. The van der Waals surface area contributed by atoms with Gasteiger partial charge in [-0.2, -0.15) is 0 Å². The second-order valence-corrected chi connectivity index (χ2v) is 3.37. The maximum atomic E-state index is 12.4. The van der Waals surface area contributed by atoms with Crippen LogP contribution in [0.4, 0.5) is 4.39 Å². The van der Waals surface area contributed by atoms with Crippen molar-refractivity contribution in [1.29, 1.82) is 0 Å². The Morgan fingerprint density at radius 3 is 2.67 bits per heavy atom. The molecule has 0 amide bonds. The molecule has 0 N–H and O–H groups in total. The Hall–Kier alpha value is 0.0800. The Kier molecular flexibility index (Phi) is 2.22. The van der Waals surface area contributed by atoms with Crippen LogP contribution in [0.2, 0.25) is 0 Å². The SMILES string of the molecule is O=C1C(F)CCCC1Br. The van der Waals surface area contributed by atoms with Crippen molar-refractivity contribution >= 4 is 21.7 Å². The van der Waals surface area contributed by atoms with E-state index in [-0.39, 0.29) is 10.6 Å². The molecule has 1 rings (SSSR count). The van der Waals surface area contributed by atoms with E-state index in [2.05, 4.69) is 15.9 Å². The van der Waals surface area contributed by atoms with Crippen molar-refractivity contribution in [3.63, 3.8) is 0 Å². The maximum Gasteiger partial charge on any atom is 0.180 e. The summed E-state index contributed by atoms with van der Waals surface area (Å²) in [5.74, 6) is -0.277. The zero-order valence-corrected chi connectivity index (χ0v) is 6.53. The van der Waals surface area contributed by atoms with Gasteiger partial charge in [-0.1, -0.05) is 15.9 Å². The molecule has 2 unspecified atom stereocenters. The number of carbonyl (C=O) groups is 1. The number of halogens is 2. The number of alkyl halides is 2. The molecule has 0 spiro atoms. The highest BCUT2D eigenvalue weighted by Crippen LogP contribution is 2.22. The minimum atomic E-state index is -1.21. The van der Waals surface area contributed by atoms with Gasteiger partial charge in [-0.25, -0.2) is 4.39 Å². The average molecular weight is 195 g/mol. The van der Waals surface area contributed by atoms with Crippen LogP contribution in [0.15, 0.2) is 0 Å². The van der Waals surface area contributed by atoms with Crippen LogP contribution < -0.4 is 0 Å². The molecule has 0 saturated heterocycles. The van der Waals surface area contributed by atoms with E-state index in [4.69, 9.17) is 0 Å². The molecular formula is C6H8BrFO. The number of hydrogen-bond acceptors (Lipinski definition) is 1. The molecule has 0 aromatic rings. The molecule has 1 fully saturated rings. The topological polar surface area (TPSA) is 17.1 Å². The average Bonchev–Trinajstić information content (AvgIpc) is 1.83. The van der Waals surface area contributed by atoms with Gasteiger partial charge in [-0.3, -0.25) is 4.79 Å². The maximum absolute atomic E-state index is 12.4. The van der Waals surface area contributed by atoms with E-state index < -0.39 is 6.17 Å². The highest BCUT2D eigenvalue weighted by molar-refractivity contribution is 9.10. The molecule has 3 heteroatoms. The first-order valence-electron chi connectivity index (χ1n) is 3.03. The van der Waals surface area contributed by atoms with Gasteiger partial charge in [0, 0.05) is 0 Å². The molecule has 1 saturated carbocycles. The third-order valence-electron chi connectivity index (χ3n) is 1.53. The predicted octanol–water partition coefficient (Wildman–Crippen LogP) is 1.84. The summed E-state index contributed by atoms with van der Waals surface area (Å²) in [4.78, 5) is 10.5. The largest absolute Gasteiger partial charge is 0.295 e. The number of Topliss-reactive ketones (excluding diaryl/α,β-unsaturated/α-hetero) is 1. The summed E-state index contributed by atoms with van der Waals surface area (Å²) < 4.78 is 12.4. The molecule has 1 aliphatic rings. The molecule has 9 heavy (non-hydrogen) atoms. The van der Waals surface area contributed by atoms with E-state index >= 15 is 0 Å². The lowest BCUT2D eigenvalue weighted by Crippen LogP contribution is -2.29. The van der Waals surface area contributed by atoms with Crippen molar-refractivity contribution in [2.75, 3.05) is 0 Å². The van der Waals surface area contributed by atoms with Crippen LogP contribution in [0.1, 0.15) is 19.3 Å². The van der Waals surface area contributed by atoms with Crippen LogP contribution in [-0.2, 0) is 4.79 Å². The molecule has 1 aliphatic carbocycles. The summed E-state index contributed by atoms with van der Waals surface area (Å²) in [5, 5.41) is 0. The fourth-order valence-electron chi connectivity index (χ4n) is 0.957. The molecule has 0 bridgehead atoms. The summed E-state index contributed by atoms with van der Waals surface area (Å²) >= 11 is 3.10. The third kappa shape index (κ3) is 1.51. The normalized spacial score (nSPS) is 36.9. The molecule has 0 aliphatic heterocycles. The molecule has 52 valence electrons. The van der Waals surface area contributed by atoms with Crippen LogP contribution in [0.5, 0.6) is 0 Å². The van der Waals surface area contributed by atoms with E-state index in [1.54, 1.807) is 0 Å². The smallest absolute Gasteiger partial charge is 0.180 e. The molecule has 0 radical (unpaired) electrons. The van der Waals surface area contributed by atoms with Crippen molar-refractivity contribution in [2.45, 2.75) is 30.3 Å². The summed E-state index contributed by atoms with van der Waals surface area (Å²) in [6.07, 6.45) is 0.825. The minimum Gasteiger partial charge on any atom is -0.295 e. The van der Waals surface area contributed by atoms with E-state index in [1.165, 1.54) is 0 Å². The van der Waals surface area contributed by atoms with E-state index in [0.29, 0.717) is 6.42 Å². The van der Waals surface area contributed by atoms with Gasteiger partial charge in [0.15, 0.2) is 12.0 Å². The lowest BCUT2D eigenvalue weighted by Gasteiger charge is -2.17. The molecule has 0 heterocycles. The number of rotatable bonds is 0. The molecule has 0 aromatic carbocycles. The summed E-state index contributed by atoms with van der Waals surface area (Å²) in [6, 6.07) is 0. The molecular weight excluding hydrogens is 187 g/mol. The van der Waals surface area contributed by atoms with Crippen molar-refractivity contribution in [2.24, 2.45) is 0 Å². The van der Waals surface area contributed by atoms with Crippen LogP contribution in [0.25, 0.3) is 0 Å². The summed E-state index contributed by atoms with van der Waals surface area (Å²) in [5.41, 5.74) is 0. The fraction of sp³-hybridized carbons (Fsp3) is 0.833. The molecule has 2 atom stereocenters. The van der Waals surface area contributed by atoms with Crippen molar-refractivity contribution < 1.29 is 9.18 Å². The van der Waals surface area contributed by atoms with Gasteiger partial charge >= 0.3 is 0 Å². The molecule has 1 nitrogen and oxygen atoms in total. The number of carbonyl (C=O) groups excluding carboxylic acids is 1. The standard InChI is InChI=1S/C6H8BrFO/c7-4-2-1-3-5(8)6(4)9/h4-5H,1-3H2. The quantitative estimate of drug-likeness (QED) is 0.539. The predicted molar refractivity (Wildman–Crippen MR) is 36.5 cm³/mol. The van der Waals surface area contributed by atoms with Crippen LogP contribution in [0, 0.1) is 0 Å². The van der Waals surface area contributed by atoms with E-state index in [9.17, 15) is 9.18 Å². The first-order valence-corrected chi connectivity index (χ1v) is 3.95. The first kappa shape index (κ1) is 7.19. The van der Waals surface area contributed by atoms with Crippen molar-refractivity contribution in [3.8, 4) is 0 Å². The monoisotopic (exact) mass is 194 g/mol. The van der Waals surface area contributed by atoms with Crippen LogP contribution in [0.3, 0.4) is 0 Å². The highest BCUT2D eigenvalue weighted by atomic mass is 79.9. The Labute approximate surface area is 61.8 Å². The van der Waals surface area contributed by atoms with Crippen LogP contribution in [-0.4, -0.2) is 16.8 Å². The van der Waals surface area contributed by atoms with Crippen LogP contribution >= 0.6 is 15.9 Å². The highest BCUT2D eigenvalue weighted by Gasteiger charge is 2.28. The lowest BCUT2D eigenvalue weighted by atomic mass is 9.98. The number of ketones is 1. The Bertz CT molecular complexity index is 114. The first-order chi connectivity index (χ1) is 4.22. The van der Waals surface area contributed by atoms with E-state index in [1.807, 2.05) is 0 Å². The summed E-state index contributed by atoms with van der Waals surface area (Å²) in [6.45, 7) is 0. The number of hydrogen-bond donors (Lipinski definition) is 0. The zero-order chi connectivity index (χ0) is 6.85. The van der Waals surface area contributed by atoms with Gasteiger partial charge in [0.25, 0.3) is 0 Å². The minimum absolute atomic E-state index is 0.221. The summed E-state index contributed by atoms with van der Waals surface area (Å²) in [7, 11) is 0.